The van der Waals surface area contributed by atoms with E-state index >= 15 is 0 Å². The second-order valence-electron chi connectivity index (χ2n) is 8.63. The molecule has 1 aliphatic heterocycles. The molecule has 0 spiro atoms. The molecule has 0 radical (unpaired) electrons. The predicted molar refractivity (Wildman–Crippen MR) is 125 cm³/mol. The fraction of sp³-hybridized carbons (Fsp3) is 0.375. The lowest BCUT2D eigenvalue weighted by molar-refractivity contribution is -0.0179. The van der Waals surface area contributed by atoms with Crippen molar-refractivity contribution in [2.24, 2.45) is 0 Å². The van der Waals surface area contributed by atoms with Crippen molar-refractivity contribution in [3.63, 3.8) is 0 Å². The van der Waals surface area contributed by atoms with Gasteiger partial charge in [-0.3, -0.25) is 0 Å². The third-order valence-corrected chi connectivity index (χ3v) is 5.95. The summed E-state index contributed by atoms with van der Waals surface area (Å²) in [5.74, 6) is -1.02. The molecule has 35 heavy (non-hydrogen) atoms. The van der Waals surface area contributed by atoms with Gasteiger partial charge in [-0.05, 0) is 32.9 Å². The van der Waals surface area contributed by atoms with Crippen LogP contribution in [0.2, 0.25) is 0 Å². The molecule has 0 amide bonds. The monoisotopic (exact) mass is 481 g/mol. The molecule has 1 aliphatic rings. The zero-order valence-corrected chi connectivity index (χ0v) is 19.9. The molecule has 182 valence electrons. The minimum Gasteiger partial charge on any atom is -0.367 e. The van der Waals surface area contributed by atoms with Crippen molar-refractivity contribution in [1.82, 2.24) is 29.7 Å². The Morgan fingerprint density at radius 1 is 1.09 bits per heavy atom. The molecule has 4 heterocycles. The molecule has 1 saturated heterocycles. The number of benzene rings is 1. The molecule has 1 fully saturated rings. The molecule has 0 aliphatic carbocycles. The second-order valence-corrected chi connectivity index (χ2v) is 8.63. The van der Waals surface area contributed by atoms with E-state index < -0.39 is 11.6 Å². The molecule has 3 aromatic heterocycles. The van der Waals surface area contributed by atoms with E-state index in [0.29, 0.717) is 48.3 Å². The number of hydrogen-bond acceptors (Lipinski definition) is 8. The third kappa shape index (κ3) is 4.56. The summed E-state index contributed by atoms with van der Waals surface area (Å²) < 4.78 is 41.4. The van der Waals surface area contributed by atoms with E-state index in [1.54, 1.807) is 18.0 Å². The minimum atomic E-state index is -0.727. The summed E-state index contributed by atoms with van der Waals surface area (Å²) in [6, 6.07) is 3.40. The Balaban J connectivity index is 1.59. The quantitative estimate of drug-likeness (QED) is 0.426. The van der Waals surface area contributed by atoms with Crippen molar-refractivity contribution in [2.75, 3.05) is 25.1 Å². The Hall–Kier alpha value is -3.57. The van der Waals surface area contributed by atoms with Crippen molar-refractivity contribution in [3.8, 4) is 11.3 Å². The topological polar surface area (TPSA) is 91.1 Å². The molecule has 2 atom stereocenters. The number of nitrogens with zero attached hydrogens (tertiary/aromatic N) is 7. The number of anilines is 1. The highest BCUT2D eigenvalue weighted by Gasteiger charge is 2.30. The Morgan fingerprint density at radius 2 is 1.89 bits per heavy atom. The van der Waals surface area contributed by atoms with Crippen LogP contribution in [-0.4, -0.2) is 56.0 Å². The van der Waals surface area contributed by atoms with Crippen LogP contribution in [0.3, 0.4) is 0 Å². The molecule has 4 aromatic rings. The molecule has 0 unspecified atom stereocenters. The standard InChI is InChI=1S/C24H25F2N7O2/c1-13-9-32(11-20(35-13)16-8-27-33(10-16)12-34-4)24-30-21(18-6-5-17(25)7-19(18)26)22-23(31-24)29-15(3)14(2)28-22/h5-8,10,13,20H,9,11-12H2,1-4H3/t13-,20-/m1/s1. The van der Waals surface area contributed by atoms with Crippen LogP contribution in [0.15, 0.2) is 30.6 Å². The predicted octanol–water partition coefficient (Wildman–Crippen LogP) is 3.75. The highest BCUT2D eigenvalue weighted by molar-refractivity contribution is 5.88. The van der Waals surface area contributed by atoms with Crippen molar-refractivity contribution < 1.29 is 18.3 Å². The van der Waals surface area contributed by atoms with Crippen LogP contribution in [0.5, 0.6) is 0 Å². The summed E-state index contributed by atoms with van der Waals surface area (Å²) in [4.78, 5) is 20.5. The van der Waals surface area contributed by atoms with E-state index in [-0.39, 0.29) is 23.5 Å². The van der Waals surface area contributed by atoms with Gasteiger partial charge in [0, 0.05) is 37.0 Å². The summed E-state index contributed by atoms with van der Waals surface area (Å²) in [5.41, 5.74) is 3.41. The number of ether oxygens (including phenoxy) is 2. The van der Waals surface area contributed by atoms with Crippen molar-refractivity contribution in [3.05, 3.63) is 59.2 Å². The Bertz CT molecular complexity index is 1390. The van der Waals surface area contributed by atoms with Crippen LogP contribution in [0.25, 0.3) is 22.4 Å². The van der Waals surface area contributed by atoms with Gasteiger partial charge in [-0.15, -0.1) is 0 Å². The summed E-state index contributed by atoms with van der Waals surface area (Å²) in [7, 11) is 1.60. The SMILES string of the molecule is COCn1cc([C@H]2CN(c3nc(-c4ccc(F)cc4F)c4nc(C)c(C)nc4n3)C[C@@H](C)O2)cn1. The van der Waals surface area contributed by atoms with Gasteiger partial charge in [-0.2, -0.15) is 10.1 Å². The minimum absolute atomic E-state index is 0.129. The average Bonchev–Trinajstić information content (AvgIpc) is 3.28. The maximum Gasteiger partial charge on any atom is 0.228 e. The van der Waals surface area contributed by atoms with Crippen LogP contribution >= 0.6 is 0 Å². The molecule has 0 bridgehead atoms. The average molecular weight is 482 g/mol. The lowest BCUT2D eigenvalue weighted by Gasteiger charge is -2.36. The van der Waals surface area contributed by atoms with Gasteiger partial charge in [0.15, 0.2) is 5.65 Å². The van der Waals surface area contributed by atoms with Crippen molar-refractivity contribution >= 4 is 17.1 Å². The summed E-state index contributed by atoms with van der Waals surface area (Å²) >= 11 is 0. The summed E-state index contributed by atoms with van der Waals surface area (Å²) in [6.45, 7) is 6.94. The maximum atomic E-state index is 14.8. The Morgan fingerprint density at radius 3 is 2.66 bits per heavy atom. The van der Waals surface area contributed by atoms with Gasteiger partial charge < -0.3 is 14.4 Å². The van der Waals surface area contributed by atoms with Crippen LogP contribution in [-0.2, 0) is 16.2 Å². The first-order valence-electron chi connectivity index (χ1n) is 11.2. The van der Waals surface area contributed by atoms with Crippen molar-refractivity contribution in [2.45, 2.75) is 39.7 Å². The van der Waals surface area contributed by atoms with E-state index in [1.807, 2.05) is 31.9 Å². The van der Waals surface area contributed by atoms with Gasteiger partial charge in [-0.1, -0.05) is 0 Å². The van der Waals surface area contributed by atoms with Gasteiger partial charge in [-0.25, -0.2) is 28.4 Å². The smallest absolute Gasteiger partial charge is 0.228 e. The van der Waals surface area contributed by atoms with Gasteiger partial charge in [0.05, 0.1) is 30.2 Å². The molecule has 0 saturated carbocycles. The number of hydrogen-bond donors (Lipinski definition) is 0. The maximum absolute atomic E-state index is 14.8. The fourth-order valence-corrected chi connectivity index (χ4v) is 4.16. The largest absolute Gasteiger partial charge is 0.367 e. The first-order chi connectivity index (χ1) is 16.8. The normalized spacial score (nSPS) is 18.4. The molecular formula is C24H25F2N7O2. The highest BCUT2D eigenvalue weighted by Crippen LogP contribution is 2.32. The zero-order chi connectivity index (χ0) is 24.7. The number of aromatic nitrogens is 6. The van der Waals surface area contributed by atoms with E-state index in [0.717, 1.165) is 11.6 Å². The van der Waals surface area contributed by atoms with Crippen LogP contribution in [0.4, 0.5) is 14.7 Å². The second kappa shape index (κ2) is 9.23. The summed E-state index contributed by atoms with van der Waals surface area (Å²) in [5, 5.41) is 4.30. The molecule has 9 nitrogen and oxygen atoms in total. The van der Waals surface area contributed by atoms with Gasteiger partial charge in [0.2, 0.25) is 5.95 Å². The number of aryl methyl sites for hydroxylation is 2. The highest BCUT2D eigenvalue weighted by atomic mass is 19.1. The fourth-order valence-electron chi connectivity index (χ4n) is 4.16. The number of methoxy groups -OCH3 is 1. The molecule has 11 heteroatoms. The van der Waals surface area contributed by atoms with E-state index in [9.17, 15) is 8.78 Å². The number of rotatable bonds is 5. The number of fused-ring (bicyclic) bond motifs is 1. The van der Waals surface area contributed by atoms with E-state index in [4.69, 9.17) is 14.5 Å². The van der Waals surface area contributed by atoms with Crippen LogP contribution in [0.1, 0.15) is 30.0 Å². The molecule has 5 rings (SSSR count). The third-order valence-electron chi connectivity index (χ3n) is 5.95. The van der Waals surface area contributed by atoms with Gasteiger partial charge >= 0.3 is 0 Å². The lowest BCUT2D eigenvalue weighted by Crippen LogP contribution is -2.43. The first-order valence-corrected chi connectivity index (χ1v) is 11.2. The number of morpholine rings is 1. The van der Waals surface area contributed by atoms with Crippen LogP contribution in [0, 0.1) is 25.5 Å². The molecule has 0 N–H and O–H groups in total. The van der Waals surface area contributed by atoms with Crippen LogP contribution < -0.4 is 4.90 Å². The van der Waals surface area contributed by atoms with Gasteiger partial charge in [0.1, 0.15) is 35.7 Å². The van der Waals surface area contributed by atoms with E-state index in [2.05, 4.69) is 20.1 Å². The summed E-state index contributed by atoms with van der Waals surface area (Å²) in [6.07, 6.45) is 3.22. The zero-order valence-electron chi connectivity index (χ0n) is 19.9. The molecule has 1 aromatic carbocycles. The molecular weight excluding hydrogens is 456 g/mol. The van der Waals surface area contributed by atoms with Gasteiger partial charge in [0.25, 0.3) is 0 Å². The van der Waals surface area contributed by atoms with E-state index in [1.165, 1.54) is 12.1 Å². The first kappa shape index (κ1) is 23.2. The Labute approximate surface area is 200 Å². The Kier molecular flexibility index (Phi) is 6.12. The van der Waals surface area contributed by atoms with Crippen molar-refractivity contribution in [1.29, 1.82) is 0 Å². The lowest BCUT2D eigenvalue weighted by atomic mass is 10.1. The number of halogens is 2.